The Hall–Kier alpha value is -0.710. The average Bonchev–Trinajstić information content (AvgIpc) is 2.38. The maximum atomic E-state index is 12.3. The first-order valence-electron chi connectivity index (χ1n) is 7.13. The van der Waals surface area contributed by atoms with Crippen LogP contribution in [0.4, 0.5) is 0 Å². The third-order valence-corrected chi connectivity index (χ3v) is 4.55. The number of benzene rings is 1. The van der Waals surface area contributed by atoms with Gasteiger partial charge in [0.25, 0.3) is 0 Å². The van der Waals surface area contributed by atoms with Gasteiger partial charge >= 0.3 is 0 Å². The number of nitrogens with zero attached hydrogens (tertiary/aromatic N) is 2. The average molecular weight is 339 g/mol. The number of hydrogen-bond acceptors (Lipinski definition) is 3. The van der Waals surface area contributed by atoms with Crippen molar-refractivity contribution in [2.75, 3.05) is 32.7 Å². The van der Waals surface area contributed by atoms with Gasteiger partial charge in [-0.15, -0.1) is 0 Å². The van der Waals surface area contributed by atoms with Crippen LogP contribution < -0.4 is 0 Å². The molecule has 0 amide bonds. The van der Waals surface area contributed by atoms with Crippen molar-refractivity contribution in [3.8, 4) is 0 Å². The van der Waals surface area contributed by atoms with Crippen molar-refractivity contribution in [1.29, 1.82) is 0 Å². The maximum absolute atomic E-state index is 12.3. The molecular formula is C16H23BrN2O. The highest BCUT2D eigenvalue weighted by Gasteiger charge is 2.26. The van der Waals surface area contributed by atoms with Crippen LogP contribution in [0.2, 0.25) is 0 Å². The fourth-order valence-corrected chi connectivity index (χ4v) is 3.06. The van der Waals surface area contributed by atoms with E-state index >= 15 is 0 Å². The molecular weight excluding hydrogens is 316 g/mol. The molecule has 1 heterocycles. The van der Waals surface area contributed by atoms with Gasteiger partial charge < -0.3 is 0 Å². The Morgan fingerprint density at radius 2 is 1.75 bits per heavy atom. The molecule has 1 saturated heterocycles. The topological polar surface area (TPSA) is 23.6 Å². The zero-order valence-electron chi connectivity index (χ0n) is 12.5. The van der Waals surface area contributed by atoms with E-state index in [1.165, 1.54) is 0 Å². The van der Waals surface area contributed by atoms with Crippen molar-refractivity contribution < 1.29 is 4.79 Å². The van der Waals surface area contributed by atoms with E-state index in [4.69, 9.17) is 0 Å². The second-order valence-corrected chi connectivity index (χ2v) is 7.19. The molecule has 0 aromatic heterocycles. The Morgan fingerprint density at radius 1 is 1.15 bits per heavy atom. The Bertz CT molecular complexity index is 474. The normalized spacial score (nSPS) is 18.2. The van der Waals surface area contributed by atoms with Crippen LogP contribution in [-0.2, 0) is 0 Å². The van der Waals surface area contributed by atoms with Crippen molar-refractivity contribution in [3.63, 3.8) is 0 Å². The monoisotopic (exact) mass is 338 g/mol. The van der Waals surface area contributed by atoms with Gasteiger partial charge in [-0.3, -0.25) is 14.6 Å². The van der Waals surface area contributed by atoms with E-state index in [1.807, 2.05) is 24.3 Å². The highest BCUT2D eigenvalue weighted by atomic mass is 79.9. The summed E-state index contributed by atoms with van der Waals surface area (Å²) < 4.78 is 0.887. The summed E-state index contributed by atoms with van der Waals surface area (Å²) in [7, 11) is 0. The first kappa shape index (κ1) is 15.7. The molecule has 1 aliphatic heterocycles. The van der Waals surface area contributed by atoms with Crippen molar-refractivity contribution >= 4 is 21.7 Å². The quantitative estimate of drug-likeness (QED) is 0.791. The molecule has 2 rings (SSSR count). The van der Waals surface area contributed by atoms with Crippen molar-refractivity contribution in [2.24, 2.45) is 0 Å². The van der Waals surface area contributed by atoms with Gasteiger partial charge in [0.2, 0.25) is 0 Å². The number of carbonyl (C=O) groups is 1. The van der Waals surface area contributed by atoms with Crippen LogP contribution in [0.25, 0.3) is 0 Å². The van der Waals surface area contributed by atoms with Crippen LogP contribution in [-0.4, -0.2) is 53.8 Å². The SMILES string of the molecule is CC(C)(C)N1CCN(CC(=O)c2ccccc2Br)CC1. The molecule has 0 unspecified atom stereocenters. The van der Waals surface area contributed by atoms with Gasteiger partial charge in [0, 0.05) is 41.8 Å². The lowest BCUT2D eigenvalue weighted by atomic mass is 10.0. The summed E-state index contributed by atoms with van der Waals surface area (Å²) in [4.78, 5) is 17.1. The van der Waals surface area contributed by atoms with E-state index in [0.717, 1.165) is 36.2 Å². The molecule has 1 aliphatic rings. The fourth-order valence-electron chi connectivity index (χ4n) is 2.55. The molecule has 0 spiro atoms. The van der Waals surface area contributed by atoms with Crippen molar-refractivity contribution in [3.05, 3.63) is 34.3 Å². The molecule has 0 saturated carbocycles. The summed E-state index contributed by atoms with van der Waals surface area (Å²) >= 11 is 3.45. The molecule has 20 heavy (non-hydrogen) atoms. The van der Waals surface area contributed by atoms with Crippen molar-refractivity contribution in [2.45, 2.75) is 26.3 Å². The fraction of sp³-hybridized carbons (Fsp3) is 0.562. The second kappa shape index (κ2) is 6.37. The van der Waals surface area contributed by atoms with Gasteiger partial charge in [-0.25, -0.2) is 0 Å². The Morgan fingerprint density at radius 3 is 2.30 bits per heavy atom. The second-order valence-electron chi connectivity index (χ2n) is 6.34. The standard InChI is InChI=1S/C16H23BrN2O/c1-16(2,3)19-10-8-18(9-11-19)12-15(20)13-6-4-5-7-14(13)17/h4-7H,8-12H2,1-3H3. The molecule has 110 valence electrons. The third-order valence-electron chi connectivity index (χ3n) is 3.86. The molecule has 0 bridgehead atoms. The van der Waals surface area contributed by atoms with Crippen LogP contribution in [0.3, 0.4) is 0 Å². The summed E-state index contributed by atoms with van der Waals surface area (Å²) in [6, 6.07) is 7.65. The molecule has 0 atom stereocenters. The van der Waals surface area contributed by atoms with Gasteiger partial charge in [-0.05, 0) is 26.8 Å². The smallest absolute Gasteiger partial charge is 0.177 e. The van der Waals surface area contributed by atoms with E-state index < -0.39 is 0 Å². The first-order valence-corrected chi connectivity index (χ1v) is 7.92. The zero-order valence-corrected chi connectivity index (χ0v) is 14.1. The van der Waals surface area contributed by atoms with Gasteiger partial charge in [-0.1, -0.05) is 34.1 Å². The summed E-state index contributed by atoms with van der Waals surface area (Å²) in [5.74, 6) is 0.196. The lowest BCUT2D eigenvalue weighted by molar-refractivity contribution is 0.0579. The highest BCUT2D eigenvalue weighted by Crippen LogP contribution is 2.18. The van der Waals surface area contributed by atoms with E-state index in [9.17, 15) is 4.79 Å². The first-order chi connectivity index (χ1) is 9.38. The molecule has 0 radical (unpaired) electrons. The Balaban J connectivity index is 1.90. The van der Waals surface area contributed by atoms with Gasteiger partial charge in [0.1, 0.15) is 0 Å². The summed E-state index contributed by atoms with van der Waals surface area (Å²) in [6.07, 6.45) is 0. The third kappa shape index (κ3) is 3.90. The Labute approximate surface area is 130 Å². The Kier molecular flexibility index (Phi) is 4.99. The molecule has 0 N–H and O–H groups in total. The molecule has 1 aromatic rings. The zero-order chi connectivity index (χ0) is 14.8. The maximum Gasteiger partial charge on any atom is 0.177 e. The van der Waals surface area contributed by atoms with Crippen LogP contribution >= 0.6 is 15.9 Å². The van der Waals surface area contributed by atoms with Crippen LogP contribution in [0.5, 0.6) is 0 Å². The number of Topliss-reactive ketones (excluding diaryl/α,β-unsaturated/α-hetero) is 1. The number of hydrogen-bond donors (Lipinski definition) is 0. The number of rotatable bonds is 3. The highest BCUT2D eigenvalue weighted by molar-refractivity contribution is 9.10. The van der Waals surface area contributed by atoms with Gasteiger partial charge in [0.05, 0.1) is 6.54 Å². The van der Waals surface area contributed by atoms with Gasteiger partial charge in [0.15, 0.2) is 5.78 Å². The van der Waals surface area contributed by atoms with E-state index in [1.54, 1.807) is 0 Å². The predicted octanol–water partition coefficient (Wildman–Crippen LogP) is 3.05. The van der Waals surface area contributed by atoms with E-state index in [0.29, 0.717) is 6.54 Å². The summed E-state index contributed by atoms with van der Waals surface area (Å²) in [5.41, 5.74) is 1.00. The van der Waals surface area contributed by atoms with Crippen LogP contribution in [0.15, 0.2) is 28.7 Å². The lowest BCUT2D eigenvalue weighted by Gasteiger charge is -2.42. The number of halogens is 1. The molecule has 1 aromatic carbocycles. The minimum atomic E-state index is 0.196. The number of ketones is 1. The van der Waals surface area contributed by atoms with Crippen LogP contribution in [0.1, 0.15) is 31.1 Å². The molecule has 1 fully saturated rings. The van der Waals surface area contributed by atoms with E-state index in [2.05, 4.69) is 46.5 Å². The van der Waals surface area contributed by atoms with E-state index in [-0.39, 0.29) is 11.3 Å². The molecule has 4 heteroatoms. The largest absolute Gasteiger partial charge is 0.296 e. The number of carbonyl (C=O) groups excluding carboxylic acids is 1. The van der Waals surface area contributed by atoms with Crippen LogP contribution in [0, 0.1) is 0 Å². The van der Waals surface area contributed by atoms with Crippen molar-refractivity contribution in [1.82, 2.24) is 9.80 Å². The summed E-state index contributed by atoms with van der Waals surface area (Å²) in [6.45, 7) is 11.2. The summed E-state index contributed by atoms with van der Waals surface area (Å²) in [5, 5.41) is 0. The minimum absolute atomic E-state index is 0.196. The molecule has 3 nitrogen and oxygen atoms in total. The minimum Gasteiger partial charge on any atom is -0.296 e. The molecule has 0 aliphatic carbocycles. The number of piperazine rings is 1. The lowest BCUT2D eigenvalue weighted by Crippen LogP contribution is -2.54. The predicted molar refractivity (Wildman–Crippen MR) is 86.2 cm³/mol. The van der Waals surface area contributed by atoms with Gasteiger partial charge in [-0.2, -0.15) is 0 Å².